The summed E-state index contributed by atoms with van der Waals surface area (Å²) < 4.78 is 0. The highest BCUT2D eigenvalue weighted by molar-refractivity contribution is 5.77. The fraction of sp³-hybridized carbons (Fsp3) is 0.462. The van der Waals surface area contributed by atoms with Gasteiger partial charge >= 0.3 is 0 Å². The highest BCUT2D eigenvalue weighted by Gasteiger charge is 2.37. The Balaban J connectivity index is 1.77. The van der Waals surface area contributed by atoms with Crippen LogP contribution >= 0.6 is 0 Å². The molecule has 0 spiro atoms. The minimum absolute atomic E-state index is 0.164. The van der Waals surface area contributed by atoms with Crippen LogP contribution in [0.25, 0.3) is 0 Å². The molecule has 1 aromatic carbocycles. The topological polar surface area (TPSA) is 46.3 Å². The molecule has 2 N–H and O–H groups in total. The molecule has 2 rings (SSSR count). The Morgan fingerprint density at radius 3 is 2.56 bits per heavy atom. The van der Waals surface area contributed by atoms with Crippen molar-refractivity contribution in [2.75, 3.05) is 13.1 Å². The van der Waals surface area contributed by atoms with Gasteiger partial charge in [0, 0.05) is 25.0 Å². The second-order valence-corrected chi connectivity index (χ2v) is 4.89. The van der Waals surface area contributed by atoms with Crippen LogP contribution in [0.1, 0.15) is 18.9 Å². The van der Waals surface area contributed by atoms with Crippen LogP contribution < -0.4 is 5.73 Å². The summed E-state index contributed by atoms with van der Waals surface area (Å²) in [5.74, 6) is 0.215. The third-order valence-electron chi connectivity index (χ3n) is 2.93. The summed E-state index contributed by atoms with van der Waals surface area (Å²) in [4.78, 5) is 13.6. The molecule has 1 aliphatic rings. The number of hydrogen-bond donors (Lipinski definition) is 1. The molecule has 0 radical (unpaired) electrons. The minimum atomic E-state index is -0.164. The monoisotopic (exact) mass is 218 g/mol. The molecular formula is C13H18N2O. The lowest BCUT2D eigenvalue weighted by Gasteiger charge is -2.45. The maximum atomic E-state index is 11.8. The van der Waals surface area contributed by atoms with Gasteiger partial charge in [-0.25, -0.2) is 0 Å². The molecular weight excluding hydrogens is 200 g/mol. The van der Waals surface area contributed by atoms with E-state index in [0.717, 1.165) is 6.42 Å². The van der Waals surface area contributed by atoms with Gasteiger partial charge < -0.3 is 10.6 Å². The van der Waals surface area contributed by atoms with Crippen molar-refractivity contribution >= 4 is 5.91 Å². The predicted octanol–water partition coefficient (Wildman–Crippen LogP) is 1.18. The van der Waals surface area contributed by atoms with Crippen molar-refractivity contribution in [1.82, 2.24) is 4.90 Å². The molecule has 0 saturated carbocycles. The van der Waals surface area contributed by atoms with Crippen molar-refractivity contribution in [2.24, 2.45) is 5.73 Å². The van der Waals surface area contributed by atoms with Crippen molar-refractivity contribution < 1.29 is 4.79 Å². The standard InChI is InChI=1S/C13H18N2O/c1-13(14)9-15(10-13)12(16)8-7-11-5-3-2-4-6-11/h2-6H,7-10,14H2,1H3. The molecule has 0 bridgehead atoms. The molecule has 1 heterocycles. The lowest BCUT2D eigenvalue weighted by Crippen LogP contribution is -2.66. The van der Waals surface area contributed by atoms with Crippen LogP contribution in [0.5, 0.6) is 0 Å². The molecule has 0 atom stereocenters. The van der Waals surface area contributed by atoms with Gasteiger partial charge in [0.1, 0.15) is 0 Å². The van der Waals surface area contributed by atoms with Crippen LogP contribution in [0.15, 0.2) is 30.3 Å². The van der Waals surface area contributed by atoms with E-state index in [1.54, 1.807) is 0 Å². The fourth-order valence-electron chi connectivity index (χ4n) is 2.06. The van der Waals surface area contributed by atoms with Gasteiger partial charge in [0.05, 0.1) is 0 Å². The number of hydrogen-bond acceptors (Lipinski definition) is 2. The van der Waals surface area contributed by atoms with Crippen molar-refractivity contribution in [3.05, 3.63) is 35.9 Å². The van der Waals surface area contributed by atoms with E-state index in [4.69, 9.17) is 5.73 Å². The van der Waals surface area contributed by atoms with Gasteiger partial charge in [0.2, 0.25) is 5.91 Å². The van der Waals surface area contributed by atoms with Crippen molar-refractivity contribution in [1.29, 1.82) is 0 Å². The first-order valence-electron chi connectivity index (χ1n) is 5.67. The molecule has 3 nitrogen and oxygen atoms in total. The Labute approximate surface area is 96.2 Å². The van der Waals surface area contributed by atoms with Crippen molar-refractivity contribution in [3.8, 4) is 0 Å². The molecule has 86 valence electrons. The second-order valence-electron chi connectivity index (χ2n) is 4.89. The summed E-state index contributed by atoms with van der Waals surface area (Å²) >= 11 is 0. The van der Waals surface area contributed by atoms with Gasteiger partial charge in [-0.15, -0.1) is 0 Å². The third-order valence-corrected chi connectivity index (χ3v) is 2.93. The largest absolute Gasteiger partial charge is 0.339 e. The molecule has 0 unspecified atom stereocenters. The second kappa shape index (κ2) is 4.26. The van der Waals surface area contributed by atoms with Crippen molar-refractivity contribution in [3.63, 3.8) is 0 Å². The molecule has 16 heavy (non-hydrogen) atoms. The normalized spacial score (nSPS) is 18.0. The zero-order valence-corrected chi connectivity index (χ0v) is 9.65. The number of carbonyl (C=O) groups is 1. The Kier molecular flexibility index (Phi) is 2.97. The number of rotatable bonds is 3. The molecule has 1 aromatic rings. The van der Waals surface area contributed by atoms with E-state index in [9.17, 15) is 4.79 Å². The maximum Gasteiger partial charge on any atom is 0.223 e. The zero-order valence-electron chi connectivity index (χ0n) is 9.65. The fourth-order valence-corrected chi connectivity index (χ4v) is 2.06. The highest BCUT2D eigenvalue weighted by atomic mass is 16.2. The summed E-state index contributed by atoms with van der Waals surface area (Å²) in [6, 6.07) is 10.1. The first kappa shape index (κ1) is 11.1. The first-order valence-corrected chi connectivity index (χ1v) is 5.67. The Hall–Kier alpha value is -1.35. The number of aryl methyl sites for hydroxylation is 1. The number of carbonyl (C=O) groups excluding carboxylic acids is 1. The SMILES string of the molecule is CC1(N)CN(C(=O)CCc2ccccc2)C1. The van der Waals surface area contributed by atoms with Gasteiger partial charge in [0.15, 0.2) is 0 Å². The lowest BCUT2D eigenvalue weighted by atomic mass is 9.93. The van der Waals surface area contributed by atoms with Gasteiger partial charge in [0.25, 0.3) is 0 Å². The number of likely N-dealkylation sites (tertiary alicyclic amines) is 1. The Morgan fingerprint density at radius 2 is 2.00 bits per heavy atom. The molecule has 1 saturated heterocycles. The van der Waals surface area contributed by atoms with E-state index in [-0.39, 0.29) is 11.4 Å². The summed E-state index contributed by atoms with van der Waals surface area (Å²) in [5, 5.41) is 0. The highest BCUT2D eigenvalue weighted by Crippen LogP contribution is 2.18. The molecule has 1 aliphatic heterocycles. The molecule has 0 aliphatic carbocycles. The van der Waals surface area contributed by atoms with Crippen molar-refractivity contribution in [2.45, 2.75) is 25.3 Å². The van der Waals surface area contributed by atoms with E-state index in [1.165, 1.54) is 5.56 Å². The van der Waals surface area contributed by atoms with Gasteiger partial charge in [-0.1, -0.05) is 30.3 Å². The predicted molar refractivity (Wildman–Crippen MR) is 63.9 cm³/mol. The molecule has 3 heteroatoms. The minimum Gasteiger partial charge on any atom is -0.339 e. The summed E-state index contributed by atoms with van der Waals surface area (Å²) in [7, 11) is 0. The van der Waals surface area contributed by atoms with E-state index >= 15 is 0 Å². The van der Waals surface area contributed by atoms with Crippen LogP contribution in [-0.4, -0.2) is 29.4 Å². The Bertz CT molecular complexity index is 365. The summed E-state index contributed by atoms with van der Waals surface area (Å²) in [5.41, 5.74) is 6.91. The van der Waals surface area contributed by atoms with Gasteiger partial charge in [-0.2, -0.15) is 0 Å². The number of nitrogens with zero attached hydrogens (tertiary/aromatic N) is 1. The zero-order chi connectivity index (χ0) is 11.6. The van der Waals surface area contributed by atoms with Crippen LogP contribution in [0.3, 0.4) is 0 Å². The van der Waals surface area contributed by atoms with E-state index in [1.807, 2.05) is 30.0 Å². The Morgan fingerprint density at radius 1 is 1.38 bits per heavy atom. The number of nitrogens with two attached hydrogens (primary N) is 1. The number of benzene rings is 1. The maximum absolute atomic E-state index is 11.8. The van der Waals surface area contributed by atoms with E-state index < -0.39 is 0 Å². The quantitative estimate of drug-likeness (QED) is 0.828. The van der Waals surface area contributed by atoms with Crippen LogP contribution in [0.2, 0.25) is 0 Å². The third kappa shape index (κ3) is 2.61. The smallest absolute Gasteiger partial charge is 0.223 e. The molecule has 1 fully saturated rings. The summed E-state index contributed by atoms with van der Waals surface area (Å²) in [6.07, 6.45) is 1.40. The van der Waals surface area contributed by atoms with Crippen LogP contribution in [0.4, 0.5) is 0 Å². The molecule has 0 aromatic heterocycles. The first-order chi connectivity index (χ1) is 7.57. The summed E-state index contributed by atoms with van der Waals surface area (Å²) in [6.45, 7) is 3.37. The molecule has 1 amide bonds. The lowest BCUT2D eigenvalue weighted by molar-refractivity contribution is -0.138. The van der Waals surface area contributed by atoms with Crippen LogP contribution in [-0.2, 0) is 11.2 Å². The van der Waals surface area contributed by atoms with Gasteiger partial charge in [-0.05, 0) is 18.9 Å². The number of amides is 1. The van der Waals surface area contributed by atoms with Gasteiger partial charge in [-0.3, -0.25) is 4.79 Å². The van der Waals surface area contributed by atoms with Crippen LogP contribution in [0, 0.1) is 0 Å². The average Bonchev–Trinajstić information content (AvgIpc) is 2.24. The van der Waals surface area contributed by atoms with E-state index in [0.29, 0.717) is 19.5 Å². The average molecular weight is 218 g/mol. The van der Waals surface area contributed by atoms with E-state index in [2.05, 4.69) is 12.1 Å².